The fourth-order valence-electron chi connectivity index (χ4n) is 1.26. The van der Waals surface area contributed by atoms with E-state index in [4.69, 9.17) is 5.11 Å². The molecule has 0 atom stereocenters. The van der Waals surface area contributed by atoms with Gasteiger partial charge in [-0.2, -0.15) is 15.1 Å². The Hall–Kier alpha value is -1.89. The van der Waals surface area contributed by atoms with Crippen LogP contribution in [0.3, 0.4) is 0 Å². The molecular formula is C8H12N6O. The van der Waals surface area contributed by atoms with Crippen molar-refractivity contribution in [2.75, 3.05) is 30.8 Å². The van der Waals surface area contributed by atoms with Crippen LogP contribution >= 0.6 is 0 Å². The van der Waals surface area contributed by atoms with Crippen LogP contribution in [0.4, 0.5) is 11.8 Å². The Balaban J connectivity index is 2.43. The molecule has 0 spiro atoms. The van der Waals surface area contributed by atoms with Crippen molar-refractivity contribution in [1.82, 2.24) is 20.2 Å². The van der Waals surface area contributed by atoms with Gasteiger partial charge in [-0.3, -0.25) is 5.10 Å². The van der Waals surface area contributed by atoms with Crippen molar-refractivity contribution >= 4 is 22.8 Å². The maximum atomic E-state index is 8.73. The number of rotatable bonds is 4. The van der Waals surface area contributed by atoms with E-state index in [-0.39, 0.29) is 6.61 Å². The quantitative estimate of drug-likeness (QED) is 0.555. The molecule has 0 saturated carbocycles. The Labute approximate surface area is 85.9 Å². The van der Waals surface area contributed by atoms with Crippen LogP contribution < -0.4 is 10.6 Å². The van der Waals surface area contributed by atoms with Gasteiger partial charge in [-0.15, -0.1) is 0 Å². The highest BCUT2D eigenvalue weighted by Gasteiger charge is 2.07. The number of fused-ring (bicyclic) bond motifs is 1. The summed E-state index contributed by atoms with van der Waals surface area (Å²) in [6, 6.07) is 0. The minimum Gasteiger partial charge on any atom is -0.395 e. The number of aromatic amines is 1. The Bertz CT molecular complexity index is 453. The molecule has 0 bridgehead atoms. The van der Waals surface area contributed by atoms with Crippen LogP contribution in [0.15, 0.2) is 6.20 Å². The minimum atomic E-state index is 0.0538. The predicted octanol–water partition coefficient (Wildman–Crippen LogP) is -0.201. The molecule has 0 fully saturated rings. The van der Waals surface area contributed by atoms with Crippen molar-refractivity contribution in [2.24, 2.45) is 0 Å². The van der Waals surface area contributed by atoms with E-state index in [1.807, 2.05) is 0 Å². The van der Waals surface area contributed by atoms with Crippen molar-refractivity contribution in [2.45, 2.75) is 0 Å². The Morgan fingerprint density at radius 1 is 1.47 bits per heavy atom. The molecule has 7 nitrogen and oxygen atoms in total. The summed E-state index contributed by atoms with van der Waals surface area (Å²) in [5, 5.41) is 22.0. The summed E-state index contributed by atoms with van der Waals surface area (Å²) >= 11 is 0. The second-order valence-corrected chi connectivity index (χ2v) is 2.93. The number of hydrogen-bond acceptors (Lipinski definition) is 6. The number of hydrogen-bond donors (Lipinski definition) is 4. The van der Waals surface area contributed by atoms with Crippen LogP contribution in [-0.2, 0) is 0 Å². The van der Waals surface area contributed by atoms with E-state index in [0.717, 1.165) is 5.39 Å². The zero-order chi connectivity index (χ0) is 10.7. The van der Waals surface area contributed by atoms with E-state index in [1.54, 1.807) is 13.2 Å². The normalized spacial score (nSPS) is 10.5. The molecule has 0 aliphatic heterocycles. The highest BCUT2D eigenvalue weighted by molar-refractivity contribution is 5.86. The summed E-state index contributed by atoms with van der Waals surface area (Å²) in [6.45, 7) is 0.499. The lowest BCUT2D eigenvalue weighted by molar-refractivity contribution is 0.311. The summed E-state index contributed by atoms with van der Waals surface area (Å²) in [5.41, 5.74) is 0.662. The molecule has 2 aromatic rings. The molecule has 0 amide bonds. The lowest BCUT2D eigenvalue weighted by Gasteiger charge is -2.06. The maximum absolute atomic E-state index is 8.73. The number of nitrogens with one attached hydrogen (secondary N) is 3. The maximum Gasteiger partial charge on any atom is 0.226 e. The van der Waals surface area contributed by atoms with Crippen LogP contribution in [-0.4, -0.2) is 45.5 Å². The van der Waals surface area contributed by atoms with Crippen LogP contribution in [0.1, 0.15) is 0 Å². The van der Waals surface area contributed by atoms with E-state index in [0.29, 0.717) is 24.0 Å². The molecule has 4 N–H and O–H groups in total. The number of H-pyrrole nitrogens is 1. The third kappa shape index (κ3) is 1.82. The van der Waals surface area contributed by atoms with Gasteiger partial charge in [0.25, 0.3) is 0 Å². The van der Waals surface area contributed by atoms with Gasteiger partial charge in [-0.05, 0) is 0 Å². The summed E-state index contributed by atoms with van der Waals surface area (Å²) in [6.07, 6.45) is 1.65. The van der Waals surface area contributed by atoms with Gasteiger partial charge >= 0.3 is 0 Å². The van der Waals surface area contributed by atoms with Crippen molar-refractivity contribution in [3.8, 4) is 0 Å². The first-order valence-electron chi connectivity index (χ1n) is 4.58. The van der Waals surface area contributed by atoms with E-state index in [2.05, 4.69) is 30.8 Å². The highest BCUT2D eigenvalue weighted by atomic mass is 16.3. The molecule has 2 aromatic heterocycles. The van der Waals surface area contributed by atoms with Gasteiger partial charge < -0.3 is 15.7 Å². The largest absolute Gasteiger partial charge is 0.395 e. The highest BCUT2D eigenvalue weighted by Crippen LogP contribution is 2.19. The monoisotopic (exact) mass is 208 g/mol. The molecule has 15 heavy (non-hydrogen) atoms. The number of nitrogens with zero attached hydrogens (tertiary/aromatic N) is 3. The average molecular weight is 208 g/mol. The van der Waals surface area contributed by atoms with E-state index in [1.165, 1.54) is 0 Å². The van der Waals surface area contributed by atoms with Crippen molar-refractivity contribution in [1.29, 1.82) is 0 Å². The zero-order valence-corrected chi connectivity index (χ0v) is 8.28. The SMILES string of the molecule is CNc1nc(NCCO)c2cn[nH]c2n1. The summed E-state index contributed by atoms with van der Waals surface area (Å²) in [4.78, 5) is 8.40. The number of aromatic nitrogens is 4. The second-order valence-electron chi connectivity index (χ2n) is 2.93. The van der Waals surface area contributed by atoms with E-state index < -0.39 is 0 Å². The fourth-order valence-corrected chi connectivity index (χ4v) is 1.26. The minimum absolute atomic E-state index is 0.0538. The van der Waals surface area contributed by atoms with Gasteiger partial charge in [0.15, 0.2) is 5.65 Å². The number of aliphatic hydroxyl groups is 1. The van der Waals surface area contributed by atoms with Crippen LogP contribution in [0.2, 0.25) is 0 Å². The third-order valence-electron chi connectivity index (χ3n) is 1.94. The number of anilines is 2. The van der Waals surface area contributed by atoms with Crippen molar-refractivity contribution in [3.63, 3.8) is 0 Å². The van der Waals surface area contributed by atoms with Gasteiger partial charge in [0.05, 0.1) is 18.2 Å². The molecule has 0 aromatic carbocycles. The fraction of sp³-hybridized carbons (Fsp3) is 0.375. The predicted molar refractivity (Wildman–Crippen MR) is 56.8 cm³/mol. The Morgan fingerprint density at radius 3 is 3.07 bits per heavy atom. The van der Waals surface area contributed by atoms with Crippen LogP contribution in [0.5, 0.6) is 0 Å². The molecular weight excluding hydrogens is 196 g/mol. The first kappa shape index (κ1) is 9.66. The molecule has 0 radical (unpaired) electrons. The first-order valence-corrected chi connectivity index (χ1v) is 4.58. The molecule has 0 unspecified atom stereocenters. The topological polar surface area (TPSA) is 98.8 Å². The summed E-state index contributed by atoms with van der Waals surface area (Å²) in [7, 11) is 1.74. The molecule has 7 heteroatoms. The van der Waals surface area contributed by atoms with Crippen molar-refractivity contribution in [3.05, 3.63) is 6.20 Å². The van der Waals surface area contributed by atoms with Gasteiger partial charge in [0.1, 0.15) is 5.82 Å². The molecule has 2 heterocycles. The Morgan fingerprint density at radius 2 is 2.33 bits per heavy atom. The molecule has 80 valence electrons. The van der Waals surface area contributed by atoms with E-state index >= 15 is 0 Å². The average Bonchev–Trinajstić information content (AvgIpc) is 2.73. The van der Waals surface area contributed by atoms with E-state index in [9.17, 15) is 0 Å². The lowest BCUT2D eigenvalue weighted by atomic mass is 10.4. The zero-order valence-electron chi connectivity index (χ0n) is 8.28. The second kappa shape index (κ2) is 4.09. The third-order valence-corrected chi connectivity index (χ3v) is 1.94. The van der Waals surface area contributed by atoms with Gasteiger partial charge in [-0.1, -0.05) is 0 Å². The molecule has 0 aliphatic rings. The lowest BCUT2D eigenvalue weighted by Crippen LogP contribution is -2.09. The van der Waals surface area contributed by atoms with Gasteiger partial charge in [0.2, 0.25) is 5.95 Å². The summed E-state index contributed by atoms with van der Waals surface area (Å²) in [5.74, 6) is 1.17. The van der Waals surface area contributed by atoms with Crippen LogP contribution in [0, 0.1) is 0 Å². The van der Waals surface area contributed by atoms with Gasteiger partial charge in [-0.25, -0.2) is 0 Å². The first-order chi connectivity index (χ1) is 7.35. The van der Waals surface area contributed by atoms with Crippen LogP contribution in [0.25, 0.3) is 11.0 Å². The van der Waals surface area contributed by atoms with Gasteiger partial charge in [0, 0.05) is 13.6 Å². The number of aliphatic hydroxyl groups excluding tert-OH is 1. The standard InChI is InChI=1S/C8H12N6O/c1-9-8-12-6(10-2-3-15)5-4-11-14-7(5)13-8/h4,15H,2-3H2,1H3,(H3,9,10,11,12,13,14). The molecule has 2 rings (SSSR count). The smallest absolute Gasteiger partial charge is 0.226 e. The Kier molecular flexibility index (Phi) is 2.64. The summed E-state index contributed by atoms with van der Waals surface area (Å²) < 4.78 is 0. The van der Waals surface area contributed by atoms with Crippen molar-refractivity contribution < 1.29 is 5.11 Å². The molecule has 0 saturated heterocycles. The molecule has 0 aliphatic carbocycles.